The average molecular weight is 332 g/mol. The lowest BCUT2D eigenvalue weighted by atomic mass is 10.0. The molecule has 0 fully saturated rings. The van der Waals surface area contributed by atoms with E-state index in [1.54, 1.807) is 0 Å². The van der Waals surface area contributed by atoms with E-state index in [4.69, 9.17) is 0 Å². The van der Waals surface area contributed by atoms with Crippen LogP contribution in [0.4, 0.5) is 5.69 Å². The van der Waals surface area contributed by atoms with Crippen LogP contribution in [0.1, 0.15) is 22.3 Å². The first-order valence-corrected chi connectivity index (χ1v) is 7.37. The zero-order chi connectivity index (χ0) is 14.7. The van der Waals surface area contributed by atoms with Crippen LogP contribution in [-0.4, -0.2) is 5.91 Å². The number of amides is 1. The molecule has 0 heterocycles. The Kier molecular flexibility index (Phi) is 4.61. The van der Waals surface area contributed by atoms with Crippen molar-refractivity contribution in [1.29, 1.82) is 0 Å². The van der Waals surface area contributed by atoms with E-state index in [-0.39, 0.29) is 5.91 Å². The number of hydrogen-bond acceptors (Lipinski definition) is 1. The molecule has 2 aromatic carbocycles. The van der Waals surface area contributed by atoms with Crippen LogP contribution in [0, 0.1) is 20.8 Å². The van der Waals surface area contributed by atoms with Crippen LogP contribution in [0.3, 0.4) is 0 Å². The van der Waals surface area contributed by atoms with Crippen molar-refractivity contribution >= 4 is 27.5 Å². The minimum absolute atomic E-state index is 0.0127. The van der Waals surface area contributed by atoms with Crippen LogP contribution in [0.5, 0.6) is 0 Å². The molecule has 2 rings (SSSR count). The van der Waals surface area contributed by atoms with Crippen LogP contribution >= 0.6 is 15.9 Å². The smallest absolute Gasteiger partial charge is 0.228 e. The van der Waals surface area contributed by atoms with E-state index in [1.807, 2.05) is 31.2 Å². The molecule has 0 aliphatic rings. The van der Waals surface area contributed by atoms with Gasteiger partial charge in [0.2, 0.25) is 5.91 Å². The Labute approximate surface area is 128 Å². The van der Waals surface area contributed by atoms with Gasteiger partial charge in [-0.3, -0.25) is 4.79 Å². The Morgan fingerprint density at radius 3 is 2.40 bits per heavy atom. The molecule has 0 saturated carbocycles. The van der Waals surface area contributed by atoms with Crippen LogP contribution in [-0.2, 0) is 11.2 Å². The zero-order valence-corrected chi connectivity index (χ0v) is 13.5. The standard InChI is InChI=1S/C17H18BrNO/c1-11-4-5-14(8-12(11)2)10-17(20)19-16-7-6-15(18)9-13(16)3/h4-9H,10H2,1-3H3,(H,19,20). The maximum absolute atomic E-state index is 12.1. The van der Waals surface area contributed by atoms with Crippen LogP contribution in [0.25, 0.3) is 0 Å². The topological polar surface area (TPSA) is 29.1 Å². The van der Waals surface area contributed by atoms with Crippen molar-refractivity contribution in [2.75, 3.05) is 5.32 Å². The van der Waals surface area contributed by atoms with Gasteiger partial charge in [0.15, 0.2) is 0 Å². The van der Waals surface area contributed by atoms with Crippen molar-refractivity contribution in [1.82, 2.24) is 0 Å². The van der Waals surface area contributed by atoms with Gasteiger partial charge in [-0.2, -0.15) is 0 Å². The van der Waals surface area contributed by atoms with Gasteiger partial charge in [-0.05, 0) is 61.2 Å². The van der Waals surface area contributed by atoms with E-state index in [9.17, 15) is 4.79 Å². The molecule has 2 nitrogen and oxygen atoms in total. The van der Waals surface area contributed by atoms with E-state index in [0.29, 0.717) is 6.42 Å². The van der Waals surface area contributed by atoms with Crippen molar-refractivity contribution in [3.63, 3.8) is 0 Å². The third-order valence-corrected chi connectivity index (χ3v) is 3.89. The number of carbonyl (C=O) groups excluding carboxylic acids is 1. The summed E-state index contributed by atoms with van der Waals surface area (Å²) in [5, 5.41) is 2.96. The molecule has 3 heteroatoms. The average Bonchev–Trinajstić information content (AvgIpc) is 2.37. The molecule has 0 aliphatic heterocycles. The number of carbonyl (C=O) groups is 1. The highest BCUT2D eigenvalue weighted by molar-refractivity contribution is 9.10. The molecular formula is C17H18BrNO. The number of rotatable bonds is 3. The molecule has 1 N–H and O–H groups in total. The van der Waals surface area contributed by atoms with Gasteiger partial charge in [-0.15, -0.1) is 0 Å². The van der Waals surface area contributed by atoms with Gasteiger partial charge >= 0.3 is 0 Å². The van der Waals surface area contributed by atoms with Crippen LogP contribution < -0.4 is 5.32 Å². The number of halogens is 1. The van der Waals surface area contributed by atoms with Gasteiger partial charge in [-0.25, -0.2) is 0 Å². The lowest BCUT2D eigenvalue weighted by molar-refractivity contribution is -0.115. The lowest BCUT2D eigenvalue weighted by Crippen LogP contribution is -2.15. The summed E-state index contributed by atoms with van der Waals surface area (Å²) < 4.78 is 1.02. The summed E-state index contributed by atoms with van der Waals surface area (Å²) in [7, 11) is 0. The minimum atomic E-state index is 0.0127. The number of anilines is 1. The van der Waals surface area contributed by atoms with E-state index < -0.39 is 0 Å². The monoisotopic (exact) mass is 331 g/mol. The Morgan fingerprint density at radius 1 is 1.00 bits per heavy atom. The first-order valence-electron chi connectivity index (χ1n) is 6.58. The summed E-state index contributed by atoms with van der Waals surface area (Å²) in [5.74, 6) is 0.0127. The number of nitrogens with one attached hydrogen (secondary N) is 1. The summed E-state index contributed by atoms with van der Waals surface area (Å²) in [6.07, 6.45) is 0.399. The van der Waals surface area contributed by atoms with Gasteiger partial charge in [0.25, 0.3) is 0 Å². The predicted octanol–water partition coefficient (Wildman–Crippen LogP) is 4.56. The predicted molar refractivity (Wildman–Crippen MR) is 87.1 cm³/mol. The highest BCUT2D eigenvalue weighted by Crippen LogP contribution is 2.20. The van der Waals surface area contributed by atoms with Crippen molar-refractivity contribution in [3.8, 4) is 0 Å². The third kappa shape index (κ3) is 3.70. The van der Waals surface area contributed by atoms with Gasteiger partial charge in [0.1, 0.15) is 0 Å². The molecule has 0 radical (unpaired) electrons. The second kappa shape index (κ2) is 6.23. The molecule has 0 saturated heterocycles. The molecule has 0 bridgehead atoms. The van der Waals surface area contributed by atoms with E-state index in [0.717, 1.165) is 21.3 Å². The van der Waals surface area contributed by atoms with E-state index >= 15 is 0 Å². The normalized spacial score (nSPS) is 10.4. The number of benzene rings is 2. The molecule has 104 valence electrons. The van der Waals surface area contributed by atoms with Crippen molar-refractivity contribution in [3.05, 3.63) is 63.1 Å². The Balaban J connectivity index is 2.07. The largest absolute Gasteiger partial charge is 0.326 e. The summed E-state index contributed by atoms with van der Waals surface area (Å²) in [6.45, 7) is 6.12. The van der Waals surface area contributed by atoms with Gasteiger partial charge in [-0.1, -0.05) is 34.1 Å². The fourth-order valence-electron chi connectivity index (χ4n) is 2.06. The first-order chi connectivity index (χ1) is 9.45. The molecule has 1 amide bonds. The van der Waals surface area contributed by atoms with Crippen molar-refractivity contribution < 1.29 is 4.79 Å². The van der Waals surface area contributed by atoms with Crippen LogP contribution in [0.2, 0.25) is 0 Å². The van der Waals surface area contributed by atoms with E-state index in [2.05, 4.69) is 47.2 Å². The lowest BCUT2D eigenvalue weighted by Gasteiger charge is -2.09. The summed E-state index contributed by atoms with van der Waals surface area (Å²) in [5.41, 5.74) is 5.42. The molecule has 0 aliphatic carbocycles. The van der Waals surface area contributed by atoms with E-state index in [1.165, 1.54) is 11.1 Å². The van der Waals surface area contributed by atoms with Gasteiger partial charge < -0.3 is 5.32 Å². The first kappa shape index (κ1) is 14.8. The molecule has 0 unspecified atom stereocenters. The van der Waals surface area contributed by atoms with Gasteiger partial charge in [0, 0.05) is 10.2 Å². The fourth-order valence-corrected chi connectivity index (χ4v) is 2.54. The molecule has 0 atom stereocenters. The van der Waals surface area contributed by atoms with Crippen LogP contribution in [0.15, 0.2) is 40.9 Å². The third-order valence-electron chi connectivity index (χ3n) is 3.40. The Morgan fingerprint density at radius 2 is 1.75 bits per heavy atom. The highest BCUT2D eigenvalue weighted by atomic mass is 79.9. The fraction of sp³-hybridized carbons (Fsp3) is 0.235. The molecule has 2 aromatic rings. The highest BCUT2D eigenvalue weighted by Gasteiger charge is 2.07. The second-order valence-electron chi connectivity index (χ2n) is 5.10. The molecular weight excluding hydrogens is 314 g/mol. The second-order valence-corrected chi connectivity index (χ2v) is 6.02. The van der Waals surface area contributed by atoms with Gasteiger partial charge in [0.05, 0.1) is 6.42 Å². The molecule has 20 heavy (non-hydrogen) atoms. The Bertz CT molecular complexity index is 649. The maximum Gasteiger partial charge on any atom is 0.228 e. The van der Waals surface area contributed by atoms with Crippen molar-refractivity contribution in [2.45, 2.75) is 27.2 Å². The SMILES string of the molecule is Cc1ccc(CC(=O)Nc2ccc(Br)cc2C)cc1C. The molecule has 0 spiro atoms. The Hall–Kier alpha value is -1.61. The maximum atomic E-state index is 12.1. The minimum Gasteiger partial charge on any atom is -0.326 e. The number of aryl methyl sites for hydroxylation is 3. The molecule has 0 aromatic heterocycles. The summed E-state index contributed by atoms with van der Waals surface area (Å²) >= 11 is 3.42. The summed E-state index contributed by atoms with van der Waals surface area (Å²) in [6, 6.07) is 12.0. The zero-order valence-electron chi connectivity index (χ0n) is 12.0. The summed E-state index contributed by atoms with van der Waals surface area (Å²) in [4.78, 5) is 12.1. The number of hydrogen-bond donors (Lipinski definition) is 1. The quantitative estimate of drug-likeness (QED) is 0.877. The van der Waals surface area contributed by atoms with Crippen molar-refractivity contribution in [2.24, 2.45) is 0 Å².